The average molecular weight is 411 g/mol. The number of halogens is 3. The number of anilines is 1. The molecule has 8 heteroatoms. The predicted molar refractivity (Wildman–Crippen MR) is 102 cm³/mol. The minimum Gasteiger partial charge on any atom is -0.449 e. The van der Waals surface area contributed by atoms with E-state index in [1.54, 1.807) is 4.90 Å². The Morgan fingerprint density at radius 3 is 2.48 bits per heavy atom. The van der Waals surface area contributed by atoms with Gasteiger partial charge in [-0.3, -0.25) is 0 Å². The first-order valence-corrected chi connectivity index (χ1v) is 10.4. The number of hydrogen-bond donors (Lipinski definition) is 0. The van der Waals surface area contributed by atoms with E-state index in [4.69, 9.17) is 4.74 Å². The molecule has 3 saturated carbocycles. The van der Waals surface area contributed by atoms with Crippen molar-refractivity contribution in [2.24, 2.45) is 23.2 Å². The zero-order valence-electron chi connectivity index (χ0n) is 16.9. The van der Waals surface area contributed by atoms with Crippen LogP contribution in [0.5, 0.6) is 0 Å². The molecule has 160 valence electrons. The van der Waals surface area contributed by atoms with E-state index in [2.05, 4.69) is 18.8 Å². The molecule has 3 unspecified atom stereocenters. The maximum Gasteiger partial charge on any atom is 0.417 e. The summed E-state index contributed by atoms with van der Waals surface area (Å²) in [6.07, 6.45) is -0.198. The van der Waals surface area contributed by atoms with Gasteiger partial charge in [0.05, 0.1) is 12.2 Å². The van der Waals surface area contributed by atoms with Crippen LogP contribution in [0.2, 0.25) is 0 Å². The van der Waals surface area contributed by atoms with Crippen molar-refractivity contribution in [2.75, 3.05) is 37.7 Å². The SMILES string of the molecule is CC1(C)C2CCC(COC(=O)N3CCN(c4ccc(C(F)(F)F)cn4)CC3)C1C2. The number of rotatable bonds is 3. The third-order valence-electron chi connectivity index (χ3n) is 7.36. The van der Waals surface area contributed by atoms with Crippen molar-refractivity contribution in [3.63, 3.8) is 0 Å². The molecule has 0 spiro atoms. The fourth-order valence-corrected chi connectivity index (χ4v) is 5.29. The minimum absolute atomic E-state index is 0.288. The van der Waals surface area contributed by atoms with Gasteiger partial charge in [-0.25, -0.2) is 9.78 Å². The van der Waals surface area contributed by atoms with E-state index in [9.17, 15) is 18.0 Å². The van der Waals surface area contributed by atoms with Crippen LogP contribution in [0.15, 0.2) is 18.3 Å². The number of nitrogens with zero attached hydrogens (tertiary/aromatic N) is 3. The maximum atomic E-state index is 12.7. The molecule has 2 bridgehead atoms. The standard InChI is InChI=1S/C21H28F3N3O2/c1-20(2)15-4-3-14(17(20)11-15)13-29-19(28)27-9-7-26(8-10-27)18-6-5-16(12-25-18)21(22,23)24/h5-6,12,14-15,17H,3-4,7-11,13H2,1-2H3. The van der Waals surface area contributed by atoms with Crippen LogP contribution in [0.4, 0.5) is 23.8 Å². The Labute approximate surface area is 169 Å². The summed E-state index contributed by atoms with van der Waals surface area (Å²) in [5.74, 6) is 2.43. The molecule has 4 aliphatic rings. The van der Waals surface area contributed by atoms with Crippen molar-refractivity contribution in [1.29, 1.82) is 0 Å². The molecule has 1 aromatic rings. The van der Waals surface area contributed by atoms with Crippen molar-refractivity contribution < 1.29 is 22.7 Å². The number of fused-ring (bicyclic) bond motifs is 2. The minimum atomic E-state index is -4.39. The lowest BCUT2D eigenvalue weighted by atomic mass is 9.46. The average Bonchev–Trinajstić information content (AvgIpc) is 2.71. The zero-order valence-corrected chi connectivity index (χ0v) is 16.9. The summed E-state index contributed by atoms with van der Waals surface area (Å²) in [7, 11) is 0. The van der Waals surface area contributed by atoms with Gasteiger partial charge in [-0.2, -0.15) is 13.2 Å². The first kappa shape index (κ1) is 20.3. The van der Waals surface area contributed by atoms with Gasteiger partial charge in [-0.15, -0.1) is 0 Å². The Balaban J connectivity index is 1.25. The van der Waals surface area contributed by atoms with E-state index < -0.39 is 11.7 Å². The Bertz CT molecular complexity index is 741. The zero-order chi connectivity index (χ0) is 20.8. The quantitative estimate of drug-likeness (QED) is 0.738. The molecule has 0 aromatic carbocycles. The summed E-state index contributed by atoms with van der Waals surface area (Å²) in [6, 6.07) is 2.42. The summed E-state index contributed by atoms with van der Waals surface area (Å²) in [5, 5.41) is 0. The molecule has 5 rings (SSSR count). The number of amides is 1. The van der Waals surface area contributed by atoms with Gasteiger partial charge in [-0.1, -0.05) is 13.8 Å². The van der Waals surface area contributed by atoms with Gasteiger partial charge >= 0.3 is 12.3 Å². The number of piperazine rings is 1. The van der Waals surface area contributed by atoms with Gasteiger partial charge in [0.15, 0.2) is 0 Å². The third kappa shape index (κ3) is 3.90. The Morgan fingerprint density at radius 2 is 1.93 bits per heavy atom. The molecule has 0 radical (unpaired) electrons. The van der Waals surface area contributed by atoms with Crippen molar-refractivity contribution >= 4 is 11.9 Å². The lowest BCUT2D eigenvalue weighted by Gasteiger charge is -2.60. The number of ether oxygens (including phenoxy) is 1. The maximum absolute atomic E-state index is 12.7. The molecular weight excluding hydrogens is 383 g/mol. The van der Waals surface area contributed by atoms with E-state index in [1.165, 1.54) is 18.9 Å². The summed E-state index contributed by atoms with van der Waals surface area (Å²) >= 11 is 0. The Kier molecular flexibility index (Phi) is 5.15. The van der Waals surface area contributed by atoms with E-state index in [0.717, 1.165) is 24.6 Å². The molecule has 4 fully saturated rings. The Morgan fingerprint density at radius 1 is 1.21 bits per heavy atom. The van der Waals surface area contributed by atoms with Crippen LogP contribution in [0, 0.1) is 23.2 Å². The molecule has 1 aromatic heterocycles. The molecule has 0 N–H and O–H groups in total. The number of aromatic nitrogens is 1. The van der Waals surface area contributed by atoms with E-state index in [1.807, 2.05) is 4.90 Å². The monoisotopic (exact) mass is 411 g/mol. The molecule has 1 amide bonds. The summed E-state index contributed by atoms with van der Waals surface area (Å²) in [5.41, 5.74) is -0.387. The number of pyridine rings is 1. The molecular formula is C21H28F3N3O2. The second-order valence-corrected chi connectivity index (χ2v) is 9.15. The van der Waals surface area contributed by atoms with Crippen molar-refractivity contribution in [2.45, 2.75) is 39.3 Å². The second kappa shape index (κ2) is 7.36. The fraction of sp³-hybridized carbons (Fsp3) is 0.714. The van der Waals surface area contributed by atoms with E-state index in [-0.39, 0.29) is 6.09 Å². The van der Waals surface area contributed by atoms with Crippen LogP contribution in [0.1, 0.15) is 38.7 Å². The van der Waals surface area contributed by atoms with Crippen LogP contribution < -0.4 is 4.90 Å². The normalized spacial score (nSPS) is 28.7. The van der Waals surface area contributed by atoms with Crippen LogP contribution in [-0.2, 0) is 10.9 Å². The highest BCUT2D eigenvalue weighted by Crippen LogP contribution is 2.61. The van der Waals surface area contributed by atoms with Crippen molar-refractivity contribution in [1.82, 2.24) is 9.88 Å². The highest BCUT2D eigenvalue weighted by atomic mass is 19.4. The van der Waals surface area contributed by atoms with E-state index in [0.29, 0.717) is 55.9 Å². The predicted octanol–water partition coefficient (Wildman–Crippen LogP) is 4.43. The van der Waals surface area contributed by atoms with Gasteiger partial charge in [0, 0.05) is 32.4 Å². The van der Waals surface area contributed by atoms with Gasteiger partial charge in [0.1, 0.15) is 5.82 Å². The van der Waals surface area contributed by atoms with Crippen LogP contribution in [0.25, 0.3) is 0 Å². The van der Waals surface area contributed by atoms with Crippen molar-refractivity contribution in [3.05, 3.63) is 23.9 Å². The molecule has 1 saturated heterocycles. The van der Waals surface area contributed by atoms with Gasteiger partial charge in [0.2, 0.25) is 0 Å². The first-order chi connectivity index (χ1) is 13.7. The van der Waals surface area contributed by atoms with Gasteiger partial charge < -0.3 is 14.5 Å². The molecule has 5 nitrogen and oxygen atoms in total. The first-order valence-electron chi connectivity index (χ1n) is 10.4. The van der Waals surface area contributed by atoms with Gasteiger partial charge in [-0.05, 0) is 54.6 Å². The number of hydrogen-bond acceptors (Lipinski definition) is 4. The highest BCUT2D eigenvalue weighted by molar-refractivity contribution is 5.68. The molecule has 3 atom stereocenters. The summed E-state index contributed by atoms with van der Waals surface area (Å²) in [4.78, 5) is 20.0. The number of alkyl halides is 3. The molecule has 29 heavy (non-hydrogen) atoms. The summed E-state index contributed by atoms with van der Waals surface area (Å²) < 4.78 is 43.6. The van der Waals surface area contributed by atoms with Gasteiger partial charge in [0.25, 0.3) is 0 Å². The summed E-state index contributed by atoms with van der Waals surface area (Å²) in [6.45, 7) is 7.14. The molecule has 2 heterocycles. The smallest absolute Gasteiger partial charge is 0.417 e. The third-order valence-corrected chi connectivity index (χ3v) is 7.36. The number of carbonyl (C=O) groups is 1. The van der Waals surface area contributed by atoms with Crippen LogP contribution >= 0.6 is 0 Å². The largest absolute Gasteiger partial charge is 0.449 e. The topological polar surface area (TPSA) is 45.7 Å². The van der Waals surface area contributed by atoms with Crippen LogP contribution in [0.3, 0.4) is 0 Å². The lowest BCUT2D eigenvalue weighted by Crippen LogP contribution is -2.54. The lowest BCUT2D eigenvalue weighted by molar-refractivity contribution is -0.137. The van der Waals surface area contributed by atoms with E-state index >= 15 is 0 Å². The van der Waals surface area contributed by atoms with Crippen molar-refractivity contribution in [3.8, 4) is 0 Å². The molecule has 1 aliphatic heterocycles. The fourth-order valence-electron chi connectivity index (χ4n) is 5.29. The van der Waals surface area contributed by atoms with Crippen LogP contribution in [-0.4, -0.2) is 48.8 Å². The molecule has 3 aliphatic carbocycles. The highest BCUT2D eigenvalue weighted by Gasteiger charge is 2.54. The second-order valence-electron chi connectivity index (χ2n) is 9.15. The number of carbonyl (C=O) groups excluding carboxylic acids is 1. The Hall–Kier alpha value is -1.99.